The Morgan fingerprint density at radius 3 is 2.79 bits per heavy atom. The fourth-order valence-electron chi connectivity index (χ4n) is 2.60. The summed E-state index contributed by atoms with van der Waals surface area (Å²) in [5, 5.41) is 10.2. The monoisotopic (exact) mass is 348 g/mol. The number of thioether (sulfide) groups is 1. The van der Waals surface area contributed by atoms with Crippen LogP contribution >= 0.6 is 11.8 Å². The summed E-state index contributed by atoms with van der Waals surface area (Å²) in [6, 6.07) is 7.65. The second-order valence-electron chi connectivity index (χ2n) is 5.77. The number of nitrogens with zero attached hydrogens (tertiary/aromatic N) is 1. The van der Waals surface area contributed by atoms with Gasteiger partial charge in [0.25, 0.3) is 5.91 Å². The first kappa shape index (κ1) is 18.6. The van der Waals surface area contributed by atoms with Crippen LogP contribution in [0, 0.1) is 0 Å². The van der Waals surface area contributed by atoms with Crippen LogP contribution in [-0.4, -0.2) is 42.5 Å². The predicted octanol–water partition coefficient (Wildman–Crippen LogP) is 2.39. The SMILES string of the molecule is CCNC(=O)c1cccc(CN=C(NCC)NCC2CCCS2)c1. The lowest BCUT2D eigenvalue weighted by molar-refractivity contribution is 0.0955. The standard InChI is InChI=1S/C18H28N4OS/c1-3-19-17(23)15-8-5-7-14(11-15)12-21-18(20-4-2)22-13-16-9-6-10-24-16/h5,7-8,11,16H,3-4,6,9-10,12-13H2,1-2H3,(H,19,23)(H2,20,21,22). The number of rotatable bonds is 7. The van der Waals surface area contributed by atoms with Crippen LogP contribution in [0.1, 0.15) is 42.6 Å². The van der Waals surface area contributed by atoms with E-state index < -0.39 is 0 Å². The van der Waals surface area contributed by atoms with Crippen molar-refractivity contribution in [2.75, 3.05) is 25.4 Å². The molecule has 1 amide bonds. The maximum absolute atomic E-state index is 11.9. The highest BCUT2D eigenvalue weighted by molar-refractivity contribution is 8.00. The molecule has 1 aliphatic heterocycles. The number of aliphatic imine (C=N–C) groups is 1. The van der Waals surface area contributed by atoms with Crippen molar-refractivity contribution in [2.24, 2.45) is 4.99 Å². The van der Waals surface area contributed by atoms with E-state index in [1.807, 2.05) is 43.0 Å². The molecule has 1 aliphatic rings. The molecule has 0 saturated carbocycles. The Hall–Kier alpha value is -1.69. The van der Waals surface area contributed by atoms with E-state index in [-0.39, 0.29) is 5.91 Å². The van der Waals surface area contributed by atoms with Gasteiger partial charge in [-0.05, 0) is 50.1 Å². The Bertz CT molecular complexity index is 556. The molecule has 0 spiro atoms. The average molecular weight is 349 g/mol. The number of amides is 1. The van der Waals surface area contributed by atoms with E-state index in [4.69, 9.17) is 0 Å². The summed E-state index contributed by atoms with van der Waals surface area (Å²) in [5.74, 6) is 2.08. The van der Waals surface area contributed by atoms with Crippen LogP contribution in [-0.2, 0) is 6.54 Å². The molecule has 1 aromatic carbocycles. The average Bonchev–Trinajstić information content (AvgIpc) is 3.11. The topological polar surface area (TPSA) is 65.5 Å². The maximum Gasteiger partial charge on any atom is 0.251 e. The van der Waals surface area contributed by atoms with E-state index in [1.165, 1.54) is 18.6 Å². The number of benzene rings is 1. The summed E-state index contributed by atoms with van der Waals surface area (Å²) in [6.07, 6.45) is 2.60. The molecule has 0 aliphatic carbocycles. The fraction of sp³-hybridized carbons (Fsp3) is 0.556. The minimum Gasteiger partial charge on any atom is -0.357 e. The molecule has 2 rings (SSSR count). The molecule has 1 aromatic rings. The van der Waals surface area contributed by atoms with Gasteiger partial charge in [-0.2, -0.15) is 11.8 Å². The van der Waals surface area contributed by atoms with Crippen LogP contribution in [0.15, 0.2) is 29.3 Å². The van der Waals surface area contributed by atoms with Gasteiger partial charge in [-0.3, -0.25) is 4.79 Å². The third-order valence-corrected chi connectivity index (χ3v) is 5.21. The quantitative estimate of drug-likeness (QED) is 0.523. The molecule has 0 aromatic heterocycles. The van der Waals surface area contributed by atoms with E-state index in [9.17, 15) is 4.79 Å². The molecular formula is C18H28N4OS. The molecule has 1 unspecified atom stereocenters. The summed E-state index contributed by atoms with van der Waals surface area (Å²) < 4.78 is 0. The van der Waals surface area contributed by atoms with Crippen LogP contribution in [0.25, 0.3) is 0 Å². The summed E-state index contributed by atoms with van der Waals surface area (Å²) in [7, 11) is 0. The van der Waals surface area contributed by atoms with Crippen molar-refractivity contribution in [3.63, 3.8) is 0 Å². The lowest BCUT2D eigenvalue weighted by Gasteiger charge is -2.14. The van der Waals surface area contributed by atoms with Crippen molar-refractivity contribution in [2.45, 2.75) is 38.5 Å². The lowest BCUT2D eigenvalue weighted by Crippen LogP contribution is -2.40. The highest BCUT2D eigenvalue weighted by Crippen LogP contribution is 2.25. The van der Waals surface area contributed by atoms with Crippen molar-refractivity contribution < 1.29 is 4.79 Å². The molecule has 5 nitrogen and oxygen atoms in total. The van der Waals surface area contributed by atoms with E-state index in [0.29, 0.717) is 23.9 Å². The van der Waals surface area contributed by atoms with Gasteiger partial charge >= 0.3 is 0 Å². The van der Waals surface area contributed by atoms with Gasteiger partial charge < -0.3 is 16.0 Å². The zero-order valence-electron chi connectivity index (χ0n) is 14.6. The first-order valence-electron chi connectivity index (χ1n) is 8.73. The molecule has 24 heavy (non-hydrogen) atoms. The normalized spacial score (nSPS) is 17.6. The summed E-state index contributed by atoms with van der Waals surface area (Å²) in [6.45, 7) is 6.97. The van der Waals surface area contributed by atoms with Crippen LogP contribution in [0.4, 0.5) is 0 Å². The lowest BCUT2D eigenvalue weighted by atomic mass is 10.1. The number of hydrogen-bond donors (Lipinski definition) is 3. The molecule has 132 valence electrons. The van der Waals surface area contributed by atoms with Gasteiger partial charge in [-0.15, -0.1) is 0 Å². The van der Waals surface area contributed by atoms with E-state index in [2.05, 4.69) is 27.9 Å². The van der Waals surface area contributed by atoms with Gasteiger partial charge in [0.2, 0.25) is 0 Å². The predicted molar refractivity (Wildman–Crippen MR) is 103 cm³/mol. The Labute approximate surface area is 149 Å². The zero-order valence-corrected chi connectivity index (χ0v) is 15.4. The molecule has 0 bridgehead atoms. The Balaban J connectivity index is 1.94. The molecule has 6 heteroatoms. The smallest absolute Gasteiger partial charge is 0.251 e. The Morgan fingerprint density at radius 2 is 2.08 bits per heavy atom. The number of guanidine groups is 1. The molecule has 1 heterocycles. The maximum atomic E-state index is 11.9. The highest BCUT2D eigenvalue weighted by atomic mass is 32.2. The van der Waals surface area contributed by atoms with Gasteiger partial charge in [0.1, 0.15) is 0 Å². The van der Waals surface area contributed by atoms with Gasteiger partial charge in [0, 0.05) is 30.4 Å². The fourth-order valence-corrected chi connectivity index (χ4v) is 3.80. The Morgan fingerprint density at radius 1 is 1.25 bits per heavy atom. The number of carbonyl (C=O) groups is 1. The molecule has 0 radical (unpaired) electrons. The number of nitrogens with one attached hydrogen (secondary N) is 3. The van der Waals surface area contributed by atoms with Crippen molar-refractivity contribution in [3.05, 3.63) is 35.4 Å². The minimum atomic E-state index is -0.0355. The van der Waals surface area contributed by atoms with Crippen LogP contribution in [0.2, 0.25) is 0 Å². The van der Waals surface area contributed by atoms with Gasteiger partial charge in [0.05, 0.1) is 6.54 Å². The van der Waals surface area contributed by atoms with Gasteiger partial charge in [-0.25, -0.2) is 4.99 Å². The number of carbonyl (C=O) groups excluding carboxylic acids is 1. The Kier molecular flexibility index (Phi) is 7.95. The first-order chi connectivity index (χ1) is 11.7. The van der Waals surface area contributed by atoms with Gasteiger partial charge in [-0.1, -0.05) is 12.1 Å². The van der Waals surface area contributed by atoms with Crippen molar-refractivity contribution in [1.29, 1.82) is 0 Å². The third kappa shape index (κ3) is 6.07. The van der Waals surface area contributed by atoms with Crippen LogP contribution in [0.5, 0.6) is 0 Å². The van der Waals surface area contributed by atoms with Crippen molar-refractivity contribution >= 4 is 23.6 Å². The van der Waals surface area contributed by atoms with E-state index in [0.717, 1.165) is 24.6 Å². The molecular weight excluding hydrogens is 320 g/mol. The van der Waals surface area contributed by atoms with Crippen LogP contribution in [0.3, 0.4) is 0 Å². The minimum absolute atomic E-state index is 0.0355. The van der Waals surface area contributed by atoms with Gasteiger partial charge in [0.15, 0.2) is 5.96 Å². The molecule has 1 atom stereocenters. The molecule has 1 saturated heterocycles. The van der Waals surface area contributed by atoms with Crippen LogP contribution < -0.4 is 16.0 Å². The zero-order chi connectivity index (χ0) is 17.2. The second-order valence-corrected chi connectivity index (χ2v) is 7.18. The van der Waals surface area contributed by atoms with E-state index >= 15 is 0 Å². The largest absolute Gasteiger partial charge is 0.357 e. The summed E-state index contributed by atoms with van der Waals surface area (Å²) in [4.78, 5) is 16.6. The van der Waals surface area contributed by atoms with Crippen molar-refractivity contribution in [1.82, 2.24) is 16.0 Å². The number of hydrogen-bond acceptors (Lipinski definition) is 3. The van der Waals surface area contributed by atoms with E-state index in [1.54, 1.807) is 0 Å². The second kappa shape index (κ2) is 10.2. The highest BCUT2D eigenvalue weighted by Gasteiger charge is 2.15. The summed E-state index contributed by atoms with van der Waals surface area (Å²) in [5.41, 5.74) is 1.72. The third-order valence-electron chi connectivity index (χ3n) is 3.81. The first-order valence-corrected chi connectivity index (χ1v) is 9.78. The molecule has 3 N–H and O–H groups in total. The molecule has 1 fully saturated rings. The van der Waals surface area contributed by atoms with Crippen molar-refractivity contribution in [3.8, 4) is 0 Å². The summed E-state index contributed by atoms with van der Waals surface area (Å²) >= 11 is 2.04.